The molecule has 0 aliphatic heterocycles. The van der Waals surface area contributed by atoms with Gasteiger partial charge in [-0.2, -0.15) is 0 Å². The summed E-state index contributed by atoms with van der Waals surface area (Å²) in [4.78, 5) is 31.7. The summed E-state index contributed by atoms with van der Waals surface area (Å²) < 4.78 is 0. The van der Waals surface area contributed by atoms with Crippen molar-refractivity contribution in [2.24, 2.45) is 4.99 Å². The first-order valence-electron chi connectivity index (χ1n) is 7.40. The van der Waals surface area contributed by atoms with Crippen LogP contribution in [0.3, 0.4) is 0 Å². The quantitative estimate of drug-likeness (QED) is 0.209. The molecule has 2 aromatic rings. The Morgan fingerprint density at radius 1 is 1.23 bits per heavy atom. The Hall–Kier alpha value is -2.84. The van der Waals surface area contributed by atoms with E-state index in [0.717, 1.165) is 5.56 Å². The van der Waals surface area contributed by atoms with E-state index in [2.05, 4.69) is 10.5 Å². The number of hydroxylamine groups is 1. The first-order valence-corrected chi connectivity index (χ1v) is 8.65. The SMILES string of the molecule is O=C(O)/C=C(\ONC(=NCCc1ccccc1Cl)c1cccs1)C(=O)O. The van der Waals surface area contributed by atoms with Crippen LogP contribution in [0.15, 0.2) is 58.6 Å². The van der Waals surface area contributed by atoms with E-state index in [-0.39, 0.29) is 0 Å². The Kier molecular flexibility index (Phi) is 7.19. The van der Waals surface area contributed by atoms with Gasteiger partial charge in [-0.05, 0) is 29.5 Å². The second-order valence-electron chi connectivity index (χ2n) is 4.91. The Labute approximate surface area is 158 Å². The van der Waals surface area contributed by atoms with Crippen molar-refractivity contribution in [1.82, 2.24) is 5.48 Å². The number of carboxylic acids is 2. The van der Waals surface area contributed by atoms with Gasteiger partial charge >= 0.3 is 11.9 Å². The van der Waals surface area contributed by atoms with Crippen molar-refractivity contribution in [3.63, 3.8) is 0 Å². The molecule has 2 rings (SSSR count). The lowest BCUT2D eigenvalue weighted by atomic mass is 10.1. The topological polar surface area (TPSA) is 108 Å². The molecule has 0 aliphatic rings. The highest BCUT2D eigenvalue weighted by Gasteiger charge is 2.14. The molecule has 0 saturated heterocycles. The van der Waals surface area contributed by atoms with Gasteiger partial charge < -0.3 is 15.1 Å². The van der Waals surface area contributed by atoms with E-state index in [9.17, 15) is 9.59 Å². The predicted molar refractivity (Wildman–Crippen MR) is 98.5 cm³/mol. The molecule has 7 nitrogen and oxygen atoms in total. The molecule has 0 aliphatic carbocycles. The summed E-state index contributed by atoms with van der Waals surface area (Å²) in [5, 5.41) is 20.1. The molecule has 0 saturated carbocycles. The van der Waals surface area contributed by atoms with E-state index in [1.807, 2.05) is 23.6 Å². The summed E-state index contributed by atoms with van der Waals surface area (Å²) in [6, 6.07) is 11.0. The average Bonchev–Trinajstić information content (AvgIpc) is 3.12. The minimum absolute atomic E-state index is 0.296. The average molecular weight is 395 g/mol. The lowest BCUT2D eigenvalue weighted by molar-refractivity contribution is -0.139. The smallest absolute Gasteiger partial charge is 0.374 e. The molecule has 0 unspecified atom stereocenters. The van der Waals surface area contributed by atoms with Crippen LogP contribution in [0.1, 0.15) is 10.4 Å². The van der Waals surface area contributed by atoms with Crippen molar-refractivity contribution >= 4 is 40.7 Å². The van der Waals surface area contributed by atoms with Crippen LogP contribution in [0.5, 0.6) is 0 Å². The number of aliphatic carboxylic acids is 2. The van der Waals surface area contributed by atoms with Crippen LogP contribution in [-0.4, -0.2) is 34.5 Å². The van der Waals surface area contributed by atoms with Crippen molar-refractivity contribution in [3.05, 3.63) is 69.1 Å². The number of carbonyl (C=O) groups is 2. The molecule has 3 N–H and O–H groups in total. The van der Waals surface area contributed by atoms with Crippen molar-refractivity contribution in [2.75, 3.05) is 6.54 Å². The van der Waals surface area contributed by atoms with E-state index >= 15 is 0 Å². The van der Waals surface area contributed by atoms with Crippen molar-refractivity contribution < 1.29 is 24.6 Å². The molecule has 0 fully saturated rings. The number of carboxylic acid groups (broad SMARTS) is 2. The number of aliphatic imine (C=N–C) groups is 1. The van der Waals surface area contributed by atoms with Gasteiger partial charge in [0.05, 0.1) is 11.0 Å². The van der Waals surface area contributed by atoms with E-state index in [1.54, 1.807) is 18.2 Å². The van der Waals surface area contributed by atoms with Gasteiger partial charge in [0.2, 0.25) is 5.76 Å². The van der Waals surface area contributed by atoms with Gasteiger partial charge in [0.15, 0.2) is 5.84 Å². The summed E-state index contributed by atoms with van der Waals surface area (Å²) >= 11 is 7.48. The predicted octanol–water partition coefficient (Wildman–Crippen LogP) is 2.97. The standard InChI is InChI=1S/C17H15ClN2O5S/c18-12-5-2-1-4-11(12)7-8-19-16(14-6-3-9-26-14)20-25-13(17(23)24)10-15(21)22/h1-6,9-10H,7-8H2,(H,19,20)(H,21,22)(H,23,24)/b13-10-. The molecule has 0 amide bonds. The number of benzene rings is 1. The lowest BCUT2D eigenvalue weighted by Crippen LogP contribution is -2.27. The first-order chi connectivity index (χ1) is 12.5. The normalized spacial score (nSPS) is 11.9. The Morgan fingerprint density at radius 2 is 2.00 bits per heavy atom. The Morgan fingerprint density at radius 3 is 2.62 bits per heavy atom. The van der Waals surface area contributed by atoms with Crippen LogP contribution in [-0.2, 0) is 20.8 Å². The van der Waals surface area contributed by atoms with Crippen molar-refractivity contribution in [2.45, 2.75) is 6.42 Å². The van der Waals surface area contributed by atoms with Gasteiger partial charge in [0.25, 0.3) is 0 Å². The van der Waals surface area contributed by atoms with Crippen molar-refractivity contribution in [1.29, 1.82) is 0 Å². The Bertz CT molecular complexity index is 833. The number of nitrogens with zero attached hydrogens (tertiary/aromatic N) is 1. The zero-order chi connectivity index (χ0) is 18.9. The molecular formula is C17H15ClN2O5S. The van der Waals surface area contributed by atoms with Crippen LogP contribution in [0, 0.1) is 0 Å². The fraction of sp³-hybridized carbons (Fsp3) is 0.118. The van der Waals surface area contributed by atoms with Crippen LogP contribution < -0.4 is 5.48 Å². The molecule has 1 aromatic carbocycles. The van der Waals surface area contributed by atoms with E-state index < -0.39 is 17.7 Å². The highest BCUT2D eigenvalue weighted by Crippen LogP contribution is 2.16. The number of rotatable bonds is 8. The van der Waals surface area contributed by atoms with Crippen LogP contribution in [0.25, 0.3) is 0 Å². The van der Waals surface area contributed by atoms with E-state index in [0.29, 0.717) is 34.8 Å². The van der Waals surface area contributed by atoms with Gasteiger partial charge in [-0.3, -0.25) is 4.99 Å². The van der Waals surface area contributed by atoms with E-state index in [1.165, 1.54) is 11.3 Å². The fourth-order valence-electron chi connectivity index (χ4n) is 1.91. The second-order valence-corrected chi connectivity index (χ2v) is 6.26. The minimum Gasteiger partial charge on any atom is -0.478 e. The van der Waals surface area contributed by atoms with Gasteiger partial charge in [0.1, 0.15) is 0 Å². The Balaban J connectivity index is 2.10. The number of nitrogens with one attached hydrogen (secondary N) is 1. The van der Waals surface area contributed by atoms with Crippen LogP contribution >= 0.6 is 22.9 Å². The molecule has 1 aromatic heterocycles. The van der Waals surface area contributed by atoms with Gasteiger partial charge in [-0.15, -0.1) is 11.3 Å². The number of hydrogen-bond donors (Lipinski definition) is 3. The third-order valence-corrected chi connectivity index (χ3v) is 4.33. The summed E-state index contributed by atoms with van der Waals surface area (Å²) in [7, 11) is 0. The molecule has 26 heavy (non-hydrogen) atoms. The third-order valence-electron chi connectivity index (χ3n) is 3.09. The van der Waals surface area contributed by atoms with Gasteiger partial charge in [0, 0.05) is 11.6 Å². The monoisotopic (exact) mass is 394 g/mol. The number of halogens is 1. The molecule has 1 heterocycles. The van der Waals surface area contributed by atoms with Crippen LogP contribution in [0.2, 0.25) is 5.02 Å². The molecule has 9 heteroatoms. The van der Waals surface area contributed by atoms with Crippen molar-refractivity contribution in [3.8, 4) is 0 Å². The van der Waals surface area contributed by atoms with E-state index in [4.69, 9.17) is 26.7 Å². The molecule has 0 spiro atoms. The summed E-state index contributed by atoms with van der Waals surface area (Å²) in [6.07, 6.45) is 1.03. The molecule has 0 radical (unpaired) electrons. The van der Waals surface area contributed by atoms with Crippen LogP contribution in [0.4, 0.5) is 0 Å². The highest BCUT2D eigenvalue weighted by atomic mass is 35.5. The fourth-order valence-corrected chi connectivity index (χ4v) is 2.82. The maximum atomic E-state index is 11.0. The third kappa shape index (κ3) is 5.91. The molecule has 0 atom stereocenters. The molecule has 136 valence electrons. The number of hydrogen-bond acceptors (Lipinski definition) is 5. The highest BCUT2D eigenvalue weighted by molar-refractivity contribution is 7.12. The first kappa shape index (κ1) is 19.5. The minimum atomic E-state index is -1.51. The summed E-state index contributed by atoms with van der Waals surface area (Å²) in [5.74, 6) is -3.41. The van der Waals surface area contributed by atoms with Gasteiger partial charge in [-0.1, -0.05) is 35.9 Å². The second kappa shape index (κ2) is 9.59. The molecule has 0 bridgehead atoms. The zero-order valence-electron chi connectivity index (χ0n) is 13.4. The number of amidine groups is 1. The largest absolute Gasteiger partial charge is 0.478 e. The summed E-state index contributed by atoms with van der Waals surface area (Å²) in [5.41, 5.74) is 3.36. The molecular weight excluding hydrogens is 380 g/mol. The number of thiophene rings is 1. The summed E-state index contributed by atoms with van der Waals surface area (Å²) in [6.45, 7) is 0.373. The maximum absolute atomic E-state index is 11.0. The van der Waals surface area contributed by atoms with Gasteiger partial charge in [-0.25, -0.2) is 15.1 Å². The lowest BCUT2D eigenvalue weighted by Gasteiger charge is -2.10. The zero-order valence-corrected chi connectivity index (χ0v) is 15.0. The maximum Gasteiger partial charge on any atom is 0.374 e.